The minimum atomic E-state index is 0.0186. The van der Waals surface area contributed by atoms with Crippen LogP contribution in [0.3, 0.4) is 0 Å². The van der Waals surface area contributed by atoms with Crippen molar-refractivity contribution in [2.45, 2.75) is 63.8 Å². The Balaban J connectivity index is 1.28. The summed E-state index contributed by atoms with van der Waals surface area (Å²) in [5.41, 5.74) is 4.29. The van der Waals surface area contributed by atoms with Gasteiger partial charge in [0.15, 0.2) is 0 Å². The normalized spacial score (nSPS) is 26.9. The van der Waals surface area contributed by atoms with Crippen LogP contribution in [0.4, 0.5) is 5.82 Å². The fourth-order valence-corrected chi connectivity index (χ4v) is 5.29. The largest absolute Gasteiger partial charge is 0.488 e. The van der Waals surface area contributed by atoms with E-state index in [0.29, 0.717) is 18.6 Å². The third-order valence-corrected chi connectivity index (χ3v) is 7.34. The lowest BCUT2D eigenvalue weighted by molar-refractivity contribution is 0.193. The lowest BCUT2D eigenvalue weighted by Gasteiger charge is -2.43. The average molecular weight is 404 g/mol. The van der Waals surface area contributed by atoms with Gasteiger partial charge >= 0.3 is 0 Å². The zero-order valence-electron chi connectivity index (χ0n) is 17.8. The molecule has 2 atom stereocenters. The number of nitrogens with zero attached hydrogens (tertiary/aromatic N) is 5. The Morgan fingerprint density at radius 2 is 2.00 bits per heavy atom. The van der Waals surface area contributed by atoms with Crippen molar-refractivity contribution in [1.29, 1.82) is 0 Å². The second kappa shape index (κ2) is 6.77. The Hall–Kier alpha value is -2.47. The van der Waals surface area contributed by atoms with Gasteiger partial charge in [-0.05, 0) is 63.8 Å². The zero-order chi connectivity index (χ0) is 20.3. The molecule has 2 unspecified atom stereocenters. The van der Waals surface area contributed by atoms with E-state index in [4.69, 9.17) is 9.73 Å². The maximum absolute atomic E-state index is 6.19. The van der Waals surface area contributed by atoms with Crippen LogP contribution in [0.2, 0.25) is 0 Å². The van der Waals surface area contributed by atoms with E-state index in [-0.39, 0.29) is 5.60 Å². The molecule has 2 aromatic rings. The van der Waals surface area contributed by atoms with E-state index in [2.05, 4.69) is 57.9 Å². The summed E-state index contributed by atoms with van der Waals surface area (Å²) in [6.07, 6.45) is 6.57. The predicted octanol–water partition coefficient (Wildman–Crippen LogP) is 3.43. The van der Waals surface area contributed by atoms with Crippen molar-refractivity contribution < 1.29 is 4.74 Å². The molecule has 2 saturated heterocycles. The van der Waals surface area contributed by atoms with Gasteiger partial charge in [-0.25, -0.2) is 9.97 Å². The number of hydrogen-bond donors (Lipinski definition) is 0. The molecule has 1 aromatic heterocycles. The molecule has 4 heterocycles. The fraction of sp³-hybridized carbons (Fsp3) is 0.542. The van der Waals surface area contributed by atoms with Gasteiger partial charge in [0, 0.05) is 36.8 Å². The zero-order valence-corrected chi connectivity index (χ0v) is 17.8. The van der Waals surface area contributed by atoms with Gasteiger partial charge in [0.25, 0.3) is 0 Å². The van der Waals surface area contributed by atoms with Crippen LogP contribution in [-0.2, 0) is 6.54 Å². The molecule has 30 heavy (non-hydrogen) atoms. The molecule has 0 spiro atoms. The highest BCUT2D eigenvalue weighted by Crippen LogP contribution is 2.40. The van der Waals surface area contributed by atoms with Gasteiger partial charge in [0.1, 0.15) is 23.5 Å². The standard InChI is InChI=1S/C24H29N5O/c1-16-21-4-3-9-28(21)10-11-29(16)22-13-20(26-15-27-22)23-19-12-18(30-24(2)7-8-24)6-5-17(19)14-25-23/h5-6,12-13,15-16,21H,3-4,7-11,14H2,1-2H3. The number of rotatable bonds is 4. The number of fused-ring (bicyclic) bond motifs is 2. The van der Waals surface area contributed by atoms with E-state index in [9.17, 15) is 0 Å². The van der Waals surface area contributed by atoms with Crippen LogP contribution in [0.25, 0.3) is 0 Å². The third kappa shape index (κ3) is 3.09. The summed E-state index contributed by atoms with van der Waals surface area (Å²) in [6, 6.07) is 9.62. The molecule has 6 rings (SSSR count). The topological polar surface area (TPSA) is 53.9 Å². The number of hydrogen-bond acceptors (Lipinski definition) is 6. The SMILES string of the molecule is CC1C2CCCN2CCN1c1cc(C2=NCc3ccc(OC4(C)CC4)cc32)ncn1. The smallest absolute Gasteiger partial charge is 0.132 e. The van der Waals surface area contributed by atoms with Gasteiger partial charge in [-0.3, -0.25) is 9.89 Å². The maximum atomic E-state index is 6.19. The number of aromatic nitrogens is 2. The highest BCUT2D eigenvalue weighted by Gasteiger charge is 2.40. The minimum absolute atomic E-state index is 0.0186. The van der Waals surface area contributed by atoms with Crippen molar-refractivity contribution in [3.63, 3.8) is 0 Å². The fourth-order valence-electron chi connectivity index (χ4n) is 5.29. The molecule has 1 aromatic carbocycles. The lowest BCUT2D eigenvalue weighted by Crippen LogP contribution is -2.56. The first-order valence-electron chi connectivity index (χ1n) is 11.3. The van der Waals surface area contributed by atoms with Crippen molar-refractivity contribution in [3.8, 4) is 5.75 Å². The van der Waals surface area contributed by atoms with E-state index >= 15 is 0 Å². The number of ether oxygens (including phenoxy) is 1. The predicted molar refractivity (Wildman–Crippen MR) is 117 cm³/mol. The van der Waals surface area contributed by atoms with Crippen LogP contribution in [0, 0.1) is 0 Å². The summed E-state index contributed by atoms with van der Waals surface area (Å²) in [6.45, 7) is 8.62. The highest BCUT2D eigenvalue weighted by molar-refractivity contribution is 6.14. The van der Waals surface area contributed by atoms with Crippen molar-refractivity contribution >= 4 is 11.5 Å². The summed E-state index contributed by atoms with van der Waals surface area (Å²) in [5.74, 6) is 1.96. The van der Waals surface area contributed by atoms with Crippen molar-refractivity contribution in [3.05, 3.63) is 47.4 Å². The second-order valence-electron chi connectivity index (χ2n) is 9.48. The van der Waals surface area contributed by atoms with Crippen molar-refractivity contribution in [2.75, 3.05) is 24.5 Å². The Kier molecular flexibility index (Phi) is 4.13. The van der Waals surface area contributed by atoms with Gasteiger partial charge in [-0.15, -0.1) is 0 Å². The number of anilines is 1. The van der Waals surface area contributed by atoms with Gasteiger partial charge in [-0.2, -0.15) is 0 Å². The molecule has 156 valence electrons. The van der Waals surface area contributed by atoms with Gasteiger partial charge < -0.3 is 9.64 Å². The van der Waals surface area contributed by atoms with Crippen LogP contribution in [0.15, 0.2) is 35.6 Å². The van der Waals surface area contributed by atoms with E-state index < -0.39 is 0 Å². The maximum Gasteiger partial charge on any atom is 0.132 e. The Morgan fingerprint density at radius 1 is 1.10 bits per heavy atom. The molecule has 0 bridgehead atoms. The Morgan fingerprint density at radius 3 is 2.87 bits per heavy atom. The van der Waals surface area contributed by atoms with E-state index in [1.54, 1.807) is 6.33 Å². The van der Waals surface area contributed by atoms with Crippen molar-refractivity contribution in [2.24, 2.45) is 4.99 Å². The third-order valence-electron chi connectivity index (χ3n) is 7.34. The van der Waals surface area contributed by atoms with Crippen LogP contribution >= 0.6 is 0 Å². The van der Waals surface area contributed by atoms with Crippen molar-refractivity contribution in [1.82, 2.24) is 14.9 Å². The molecule has 6 heteroatoms. The van der Waals surface area contributed by atoms with Gasteiger partial charge in [-0.1, -0.05) is 6.07 Å². The molecular formula is C24H29N5O. The van der Waals surface area contributed by atoms with E-state index in [1.165, 1.54) is 24.9 Å². The number of piperazine rings is 1. The quantitative estimate of drug-likeness (QED) is 0.783. The van der Waals surface area contributed by atoms with Crippen LogP contribution in [0.1, 0.15) is 56.4 Å². The molecule has 0 amide bonds. The number of aliphatic imine (C=N–C) groups is 1. The first kappa shape index (κ1) is 18.3. The molecule has 1 aliphatic carbocycles. The second-order valence-corrected chi connectivity index (χ2v) is 9.48. The summed E-state index contributed by atoms with van der Waals surface area (Å²) in [5, 5.41) is 0. The van der Waals surface area contributed by atoms with Crippen LogP contribution in [-0.4, -0.2) is 57.9 Å². The summed E-state index contributed by atoms with van der Waals surface area (Å²) >= 11 is 0. The first-order chi connectivity index (χ1) is 14.6. The highest BCUT2D eigenvalue weighted by atomic mass is 16.5. The average Bonchev–Trinajstić information content (AvgIpc) is 3.16. The first-order valence-corrected chi connectivity index (χ1v) is 11.3. The minimum Gasteiger partial charge on any atom is -0.488 e. The molecule has 3 fully saturated rings. The van der Waals surface area contributed by atoms with Crippen LogP contribution in [0.5, 0.6) is 5.75 Å². The number of benzene rings is 1. The Labute approximate surface area is 178 Å². The molecule has 0 radical (unpaired) electrons. The summed E-state index contributed by atoms with van der Waals surface area (Å²) < 4.78 is 6.19. The Bertz CT molecular complexity index is 1010. The monoisotopic (exact) mass is 403 g/mol. The molecule has 6 nitrogen and oxygen atoms in total. The molecular weight excluding hydrogens is 374 g/mol. The molecule has 3 aliphatic heterocycles. The molecule has 0 N–H and O–H groups in total. The van der Waals surface area contributed by atoms with Gasteiger partial charge in [0.2, 0.25) is 0 Å². The van der Waals surface area contributed by atoms with E-state index in [1.807, 2.05) is 0 Å². The summed E-state index contributed by atoms with van der Waals surface area (Å²) in [4.78, 5) is 19.2. The summed E-state index contributed by atoms with van der Waals surface area (Å²) in [7, 11) is 0. The lowest BCUT2D eigenvalue weighted by atomic mass is 10.0. The van der Waals surface area contributed by atoms with E-state index in [0.717, 1.165) is 54.5 Å². The molecule has 4 aliphatic rings. The molecule has 1 saturated carbocycles. The van der Waals surface area contributed by atoms with Gasteiger partial charge in [0.05, 0.1) is 18.0 Å². The van der Waals surface area contributed by atoms with Crippen LogP contribution < -0.4 is 9.64 Å².